The third kappa shape index (κ3) is 3.75. The van der Waals surface area contributed by atoms with Gasteiger partial charge in [-0.2, -0.15) is 0 Å². The van der Waals surface area contributed by atoms with Gasteiger partial charge >= 0.3 is 5.97 Å². The molecule has 0 saturated heterocycles. The molecule has 0 heterocycles. The molecule has 5 heteroatoms. The summed E-state index contributed by atoms with van der Waals surface area (Å²) in [6.45, 7) is 7.63. The molecule has 0 spiro atoms. The SMILES string of the molecule is CC(C)N(C(=O)COC(=O)C1(c2ccc(Cl)cc2)CCC1)C(C)C. The monoisotopic (exact) mass is 351 g/mol. The Labute approximate surface area is 149 Å². The van der Waals surface area contributed by atoms with E-state index in [4.69, 9.17) is 16.3 Å². The molecule has 1 aromatic carbocycles. The molecule has 0 aromatic heterocycles. The van der Waals surface area contributed by atoms with Gasteiger partial charge in [-0.15, -0.1) is 0 Å². The van der Waals surface area contributed by atoms with Crippen LogP contribution < -0.4 is 0 Å². The smallest absolute Gasteiger partial charge is 0.317 e. The topological polar surface area (TPSA) is 46.6 Å². The van der Waals surface area contributed by atoms with Gasteiger partial charge in [-0.3, -0.25) is 9.59 Å². The molecule has 24 heavy (non-hydrogen) atoms. The molecular formula is C19H26ClNO3. The molecule has 1 aliphatic rings. The molecule has 0 radical (unpaired) electrons. The van der Waals surface area contributed by atoms with E-state index in [1.54, 1.807) is 17.0 Å². The van der Waals surface area contributed by atoms with E-state index < -0.39 is 5.41 Å². The molecule has 2 rings (SSSR count). The van der Waals surface area contributed by atoms with Crippen molar-refractivity contribution < 1.29 is 14.3 Å². The van der Waals surface area contributed by atoms with Crippen LogP contribution in [0.5, 0.6) is 0 Å². The maximum atomic E-state index is 12.7. The van der Waals surface area contributed by atoms with Crippen LogP contribution in [0.3, 0.4) is 0 Å². The van der Waals surface area contributed by atoms with Crippen LogP contribution in [-0.2, 0) is 19.7 Å². The van der Waals surface area contributed by atoms with Crippen molar-refractivity contribution in [2.75, 3.05) is 6.61 Å². The fourth-order valence-corrected chi connectivity index (χ4v) is 3.55. The highest BCUT2D eigenvalue weighted by Crippen LogP contribution is 2.45. The van der Waals surface area contributed by atoms with Gasteiger partial charge in [0.2, 0.25) is 0 Å². The highest BCUT2D eigenvalue weighted by molar-refractivity contribution is 6.30. The first-order valence-corrected chi connectivity index (χ1v) is 8.90. The van der Waals surface area contributed by atoms with E-state index in [1.807, 2.05) is 39.8 Å². The van der Waals surface area contributed by atoms with Crippen LogP contribution in [0.1, 0.15) is 52.5 Å². The van der Waals surface area contributed by atoms with Crippen molar-refractivity contribution in [2.45, 2.75) is 64.5 Å². The minimum Gasteiger partial charge on any atom is -0.455 e. The van der Waals surface area contributed by atoms with Crippen LogP contribution in [0.15, 0.2) is 24.3 Å². The van der Waals surface area contributed by atoms with Gasteiger partial charge < -0.3 is 9.64 Å². The molecule has 1 fully saturated rings. The summed E-state index contributed by atoms with van der Waals surface area (Å²) in [5, 5.41) is 0.640. The van der Waals surface area contributed by atoms with Crippen molar-refractivity contribution in [3.8, 4) is 0 Å². The van der Waals surface area contributed by atoms with Crippen LogP contribution in [-0.4, -0.2) is 35.5 Å². The summed E-state index contributed by atoms with van der Waals surface area (Å²) in [4.78, 5) is 26.8. The first-order chi connectivity index (χ1) is 11.3. The summed E-state index contributed by atoms with van der Waals surface area (Å²) in [6.07, 6.45) is 2.48. The van der Waals surface area contributed by atoms with Crippen LogP contribution in [0, 0.1) is 0 Å². The lowest BCUT2D eigenvalue weighted by atomic mass is 9.64. The molecule has 0 unspecified atom stereocenters. The minimum absolute atomic E-state index is 0.0742. The first-order valence-electron chi connectivity index (χ1n) is 8.52. The Bertz CT molecular complexity index is 583. The second kappa shape index (κ2) is 7.56. The molecule has 132 valence electrons. The van der Waals surface area contributed by atoms with E-state index in [0.29, 0.717) is 5.02 Å². The number of ether oxygens (including phenoxy) is 1. The van der Waals surface area contributed by atoms with E-state index in [2.05, 4.69) is 0 Å². The predicted molar refractivity (Wildman–Crippen MR) is 95.1 cm³/mol. The number of hydrogen-bond donors (Lipinski definition) is 0. The maximum Gasteiger partial charge on any atom is 0.317 e. The minimum atomic E-state index is -0.620. The molecule has 1 saturated carbocycles. The average molecular weight is 352 g/mol. The van der Waals surface area contributed by atoms with E-state index >= 15 is 0 Å². The molecular weight excluding hydrogens is 326 g/mol. The Morgan fingerprint density at radius 3 is 2.08 bits per heavy atom. The summed E-state index contributed by atoms with van der Waals surface area (Å²) in [5.41, 5.74) is 0.297. The molecule has 0 aliphatic heterocycles. The number of benzene rings is 1. The van der Waals surface area contributed by atoms with Gasteiger partial charge in [0.1, 0.15) is 0 Å². The highest BCUT2D eigenvalue weighted by Gasteiger charge is 2.47. The number of amides is 1. The van der Waals surface area contributed by atoms with Crippen molar-refractivity contribution in [1.29, 1.82) is 0 Å². The Morgan fingerprint density at radius 1 is 1.12 bits per heavy atom. The lowest BCUT2D eigenvalue weighted by Crippen LogP contribution is -2.47. The van der Waals surface area contributed by atoms with Gasteiger partial charge in [0.15, 0.2) is 6.61 Å². The van der Waals surface area contributed by atoms with E-state index in [-0.39, 0.29) is 30.6 Å². The first kappa shape index (κ1) is 18.8. The summed E-state index contributed by atoms with van der Waals surface area (Å²) in [5.74, 6) is -0.462. The van der Waals surface area contributed by atoms with Gasteiger partial charge in [-0.25, -0.2) is 0 Å². The zero-order valence-corrected chi connectivity index (χ0v) is 15.6. The van der Waals surface area contributed by atoms with E-state index in [1.165, 1.54) is 0 Å². The van der Waals surface area contributed by atoms with Gasteiger partial charge in [-0.05, 0) is 58.2 Å². The zero-order valence-electron chi connectivity index (χ0n) is 14.8. The van der Waals surface area contributed by atoms with E-state index in [9.17, 15) is 9.59 Å². The lowest BCUT2D eigenvalue weighted by Gasteiger charge is -2.40. The second-order valence-electron chi connectivity index (χ2n) is 7.01. The Hall–Kier alpha value is -1.55. The number of halogens is 1. The third-order valence-corrected chi connectivity index (χ3v) is 4.97. The number of hydrogen-bond acceptors (Lipinski definition) is 3. The lowest BCUT2D eigenvalue weighted by molar-refractivity contribution is -0.161. The summed E-state index contributed by atoms with van der Waals surface area (Å²) < 4.78 is 5.41. The number of carbonyl (C=O) groups is 2. The number of rotatable bonds is 6. The van der Waals surface area contributed by atoms with Crippen LogP contribution in [0.4, 0.5) is 0 Å². The Morgan fingerprint density at radius 2 is 1.67 bits per heavy atom. The van der Waals surface area contributed by atoms with Crippen LogP contribution in [0.25, 0.3) is 0 Å². The average Bonchev–Trinajstić information content (AvgIpc) is 2.45. The Balaban J connectivity index is 2.05. The molecule has 0 atom stereocenters. The van der Waals surface area contributed by atoms with Gasteiger partial charge in [0, 0.05) is 17.1 Å². The van der Waals surface area contributed by atoms with Gasteiger partial charge in [-0.1, -0.05) is 30.2 Å². The van der Waals surface area contributed by atoms with Crippen LogP contribution in [0.2, 0.25) is 5.02 Å². The van der Waals surface area contributed by atoms with E-state index in [0.717, 1.165) is 24.8 Å². The predicted octanol–water partition coefficient (Wildman–Crippen LogP) is 3.95. The summed E-state index contributed by atoms with van der Waals surface area (Å²) in [7, 11) is 0. The van der Waals surface area contributed by atoms with Gasteiger partial charge in [0.05, 0.1) is 5.41 Å². The number of esters is 1. The fourth-order valence-electron chi connectivity index (χ4n) is 3.42. The highest BCUT2D eigenvalue weighted by atomic mass is 35.5. The van der Waals surface area contributed by atoms with Crippen molar-refractivity contribution in [3.63, 3.8) is 0 Å². The van der Waals surface area contributed by atoms with Gasteiger partial charge in [0.25, 0.3) is 5.91 Å². The van der Waals surface area contributed by atoms with Crippen LogP contribution >= 0.6 is 11.6 Å². The molecule has 0 bridgehead atoms. The third-order valence-electron chi connectivity index (χ3n) is 4.72. The van der Waals surface area contributed by atoms with Crippen molar-refractivity contribution in [1.82, 2.24) is 4.90 Å². The largest absolute Gasteiger partial charge is 0.455 e. The molecule has 1 amide bonds. The quantitative estimate of drug-likeness (QED) is 0.729. The summed E-state index contributed by atoms with van der Waals surface area (Å²) in [6, 6.07) is 7.47. The molecule has 0 N–H and O–H groups in total. The molecule has 1 aliphatic carbocycles. The molecule has 4 nitrogen and oxygen atoms in total. The maximum absolute atomic E-state index is 12.7. The van der Waals surface area contributed by atoms with Crippen molar-refractivity contribution >= 4 is 23.5 Å². The Kier molecular flexibility index (Phi) is 5.92. The number of nitrogens with zero attached hydrogens (tertiary/aromatic N) is 1. The standard InChI is InChI=1S/C19H26ClNO3/c1-13(2)21(14(3)4)17(22)12-24-18(23)19(10-5-11-19)15-6-8-16(20)9-7-15/h6-9,13-14H,5,10-12H2,1-4H3. The van der Waals surface area contributed by atoms with Crippen molar-refractivity contribution in [3.05, 3.63) is 34.9 Å². The normalized spacial score (nSPS) is 16.0. The molecule has 1 aromatic rings. The second-order valence-corrected chi connectivity index (χ2v) is 7.44. The summed E-state index contributed by atoms with van der Waals surface area (Å²) >= 11 is 5.93. The zero-order chi connectivity index (χ0) is 17.9. The fraction of sp³-hybridized carbons (Fsp3) is 0.579. The number of carbonyl (C=O) groups excluding carboxylic acids is 2. The van der Waals surface area contributed by atoms with Crippen molar-refractivity contribution in [2.24, 2.45) is 0 Å².